The number of halogens is 1. The average Bonchev–Trinajstić information content (AvgIpc) is 3.23. The van der Waals surface area contributed by atoms with Gasteiger partial charge >= 0.3 is 0 Å². The summed E-state index contributed by atoms with van der Waals surface area (Å²) in [6, 6.07) is 19.3. The molecule has 1 fully saturated rings. The molecule has 1 aliphatic carbocycles. The largest absolute Gasteiger partial charge is 0.349 e. The van der Waals surface area contributed by atoms with Crippen molar-refractivity contribution >= 4 is 34.8 Å². The van der Waals surface area contributed by atoms with E-state index < -0.39 is 0 Å². The Morgan fingerprint density at radius 1 is 0.969 bits per heavy atom. The number of nitrogens with one attached hydrogen (secondary N) is 2. The van der Waals surface area contributed by atoms with Crippen molar-refractivity contribution in [2.45, 2.75) is 38.1 Å². The topological polar surface area (TPSA) is 71.3 Å². The van der Waals surface area contributed by atoms with Crippen molar-refractivity contribution in [3.63, 3.8) is 0 Å². The smallest absolute Gasteiger partial charge is 0.251 e. The number of rotatable bonds is 5. The minimum absolute atomic E-state index is 0.0121. The Labute approximate surface area is 191 Å². The molecule has 0 aliphatic heterocycles. The van der Waals surface area contributed by atoms with Gasteiger partial charge in [0.2, 0.25) is 5.95 Å². The van der Waals surface area contributed by atoms with Gasteiger partial charge in [0.15, 0.2) is 5.65 Å². The van der Waals surface area contributed by atoms with E-state index in [0.29, 0.717) is 22.6 Å². The van der Waals surface area contributed by atoms with Crippen LogP contribution in [0, 0.1) is 0 Å². The normalized spacial score (nSPS) is 14.4. The molecule has 0 atom stereocenters. The number of aromatic nitrogens is 3. The molecule has 0 bridgehead atoms. The first kappa shape index (κ1) is 20.5. The zero-order chi connectivity index (χ0) is 21.9. The molecule has 1 amide bonds. The summed E-state index contributed by atoms with van der Waals surface area (Å²) in [4.78, 5) is 17.2. The number of carbonyl (C=O) groups excluding carboxylic acids is 1. The Hall–Kier alpha value is -3.38. The minimum atomic E-state index is -0.0121. The van der Waals surface area contributed by atoms with Gasteiger partial charge in [-0.05, 0) is 66.9 Å². The lowest BCUT2D eigenvalue weighted by Gasteiger charge is -2.22. The predicted octanol–water partition coefficient (Wildman–Crippen LogP) is 5.86. The zero-order valence-electron chi connectivity index (χ0n) is 17.6. The van der Waals surface area contributed by atoms with Gasteiger partial charge in [0.25, 0.3) is 5.91 Å². The Kier molecular flexibility index (Phi) is 5.77. The van der Waals surface area contributed by atoms with Crippen molar-refractivity contribution in [3.05, 3.63) is 77.4 Å². The highest BCUT2D eigenvalue weighted by Crippen LogP contribution is 2.26. The summed E-state index contributed by atoms with van der Waals surface area (Å²) in [6.45, 7) is 0. The molecule has 2 heterocycles. The van der Waals surface area contributed by atoms with E-state index in [-0.39, 0.29) is 5.91 Å². The van der Waals surface area contributed by atoms with E-state index in [1.54, 1.807) is 4.52 Å². The van der Waals surface area contributed by atoms with Crippen LogP contribution in [0.5, 0.6) is 0 Å². The maximum Gasteiger partial charge on any atom is 0.251 e. The Bertz CT molecular complexity index is 1230. The van der Waals surface area contributed by atoms with E-state index in [1.807, 2.05) is 66.9 Å². The standard InChI is InChI=1S/C25H24ClN5O/c26-19-12-8-17(9-13-19)22-7-4-16-31-23(22)29-25(30-31)28-21-14-10-18(11-15-21)24(32)27-20-5-2-1-3-6-20/h4,7-16,20H,1-3,5-6H2,(H,27,32)(H,28,30). The maximum absolute atomic E-state index is 12.5. The van der Waals surface area contributed by atoms with Crippen LogP contribution in [0.3, 0.4) is 0 Å². The summed E-state index contributed by atoms with van der Waals surface area (Å²) in [6.07, 6.45) is 7.67. The molecule has 6 nitrogen and oxygen atoms in total. The van der Waals surface area contributed by atoms with Gasteiger partial charge in [-0.1, -0.05) is 43.0 Å². The van der Waals surface area contributed by atoms with Crippen molar-refractivity contribution in [3.8, 4) is 11.1 Å². The van der Waals surface area contributed by atoms with Gasteiger partial charge < -0.3 is 10.6 Å². The van der Waals surface area contributed by atoms with Crippen LogP contribution in [0.1, 0.15) is 42.5 Å². The Morgan fingerprint density at radius 3 is 2.47 bits per heavy atom. The molecular formula is C25H24ClN5O. The van der Waals surface area contributed by atoms with Crippen LogP contribution in [0.25, 0.3) is 16.8 Å². The highest BCUT2D eigenvalue weighted by Gasteiger charge is 2.16. The van der Waals surface area contributed by atoms with Crippen molar-refractivity contribution < 1.29 is 4.79 Å². The number of nitrogens with zero attached hydrogens (tertiary/aromatic N) is 3. The lowest BCUT2D eigenvalue weighted by Crippen LogP contribution is -2.36. The molecule has 0 radical (unpaired) electrons. The summed E-state index contributed by atoms with van der Waals surface area (Å²) in [5.41, 5.74) is 4.23. The molecule has 0 unspecified atom stereocenters. The summed E-state index contributed by atoms with van der Waals surface area (Å²) < 4.78 is 1.75. The number of anilines is 2. The van der Waals surface area contributed by atoms with Crippen LogP contribution in [0.15, 0.2) is 66.9 Å². The number of pyridine rings is 1. The lowest BCUT2D eigenvalue weighted by atomic mass is 9.95. The first-order valence-electron chi connectivity index (χ1n) is 10.9. The quantitative estimate of drug-likeness (QED) is 0.404. The summed E-state index contributed by atoms with van der Waals surface area (Å²) in [5.74, 6) is 0.479. The maximum atomic E-state index is 12.5. The highest BCUT2D eigenvalue weighted by molar-refractivity contribution is 6.30. The highest BCUT2D eigenvalue weighted by atomic mass is 35.5. The zero-order valence-corrected chi connectivity index (χ0v) is 18.3. The molecule has 0 spiro atoms. The molecule has 1 aliphatic rings. The summed E-state index contributed by atoms with van der Waals surface area (Å²) in [7, 11) is 0. The third kappa shape index (κ3) is 4.46. The van der Waals surface area contributed by atoms with E-state index in [0.717, 1.165) is 35.3 Å². The molecule has 5 rings (SSSR count). The minimum Gasteiger partial charge on any atom is -0.349 e. The predicted molar refractivity (Wildman–Crippen MR) is 127 cm³/mol. The van der Waals surface area contributed by atoms with Crippen LogP contribution < -0.4 is 10.6 Å². The van der Waals surface area contributed by atoms with E-state index in [9.17, 15) is 4.79 Å². The van der Waals surface area contributed by atoms with E-state index in [4.69, 9.17) is 11.6 Å². The third-order valence-electron chi connectivity index (χ3n) is 5.86. The van der Waals surface area contributed by atoms with Crippen LogP contribution in [0.4, 0.5) is 11.6 Å². The van der Waals surface area contributed by atoms with E-state index >= 15 is 0 Å². The van der Waals surface area contributed by atoms with Crippen LogP contribution >= 0.6 is 11.6 Å². The molecule has 162 valence electrons. The van der Waals surface area contributed by atoms with Gasteiger partial charge in [0, 0.05) is 34.1 Å². The molecule has 32 heavy (non-hydrogen) atoms. The average molecular weight is 446 g/mol. The van der Waals surface area contributed by atoms with Crippen molar-refractivity contribution in [1.82, 2.24) is 19.9 Å². The Balaban J connectivity index is 1.31. The first-order chi connectivity index (χ1) is 15.7. The van der Waals surface area contributed by atoms with Crippen molar-refractivity contribution in [2.75, 3.05) is 5.32 Å². The second-order valence-corrected chi connectivity index (χ2v) is 8.58. The summed E-state index contributed by atoms with van der Waals surface area (Å²) >= 11 is 6.02. The monoisotopic (exact) mass is 445 g/mol. The SMILES string of the molecule is O=C(NC1CCCCC1)c1ccc(Nc2nc3c(-c4ccc(Cl)cc4)cccn3n2)cc1. The van der Waals surface area contributed by atoms with Crippen molar-refractivity contribution in [1.29, 1.82) is 0 Å². The van der Waals surface area contributed by atoms with Crippen molar-refractivity contribution in [2.24, 2.45) is 0 Å². The van der Waals surface area contributed by atoms with Gasteiger partial charge in [-0.2, -0.15) is 4.98 Å². The fourth-order valence-corrected chi connectivity index (χ4v) is 4.29. The number of hydrogen-bond donors (Lipinski definition) is 2. The molecule has 7 heteroatoms. The summed E-state index contributed by atoms with van der Waals surface area (Å²) in [5, 5.41) is 11.6. The first-order valence-corrected chi connectivity index (χ1v) is 11.3. The van der Waals surface area contributed by atoms with Gasteiger partial charge in [-0.25, -0.2) is 4.52 Å². The molecule has 0 saturated heterocycles. The van der Waals surface area contributed by atoms with Crippen LogP contribution in [-0.2, 0) is 0 Å². The second-order valence-electron chi connectivity index (χ2n) is 8.14. The molecule has 4 aromatic rings. The molecule has 1 saturated carbocycles. The van der Waals surface area contributed by atoms with Crippen LogP contribution in [0.2, 0.25) is 5.02 Å². The Morgan fingerprint density at radius 2 is 1.72 bits per heavy atom. The molecule has 2 aromatic carbocycles. The third-order valence-corrected chi connectivity index (χ3v) is 6.11. The molecule has 2 aromatic heterocycles. The molecule has 2 N–H and O–H groups in total. The van der Waals surface area contributed by atoms with Gasteiger partial charge in [-0.15, -0.1) is 5.10 Å². The fraction of sp³-hybridized carbons (Fsp3) is 0.240. The van der Waals surface area contributed by atoms with Gasteiger partial charge in [-0.3, -0.25) is 4.79 Å². The van der Waals surface area contributed by atoms with Gasteiger partial charge in [0.05, 0.1) is 0 Å². The number of fused-ring (bicyclic) bond motifs is 1. The number of benzene rings is 2. The van der Waals surface area contributed by atoms with Gasteiger partial charge in [0.1, 0.15) is 0 Å². The molecular weight excluding hydrogens is 422 g/mol. The fourth-order valence-electron chi connectivity index (χ4n) is 4.16. The lowest BCUT2D eigenvalue weighted by molar-refractivity contribution is 0.0927. The number of amides is 1. The van der Waals surface area contributed by atoms with E-state index in [2.05, 4.69) is 20.7 Å². The number of carbonyl (C=O) groups is 1. The van der Waals surface area contributed by atoms with Crippen LogP contribution in [-0.4, -0.2) is 26.5 Å². The number of hydrogen-bond acceptors (Lipinski definition) is 4. The second kappa shape index (κ2) is 9.01. The van der Waals surface area contributed by atoms with E-state index in [1.165, 1.54) is 19.3 Å².